The van der Waals surface area contributed by atoms with E-state index >= 15 is 0 Å². The lowest BCUT2D eigenvalue weighted by molar-refractivity contribution is -0.116. The molecule has 0 aliphatic carbocycles. The molecule has 110 valence electrons. The van der Waals surface area contributed by atoms with E-state index in [0.29, 0.717) is 5.56 Å². The Kier molecular flexibility index (Phi) is 6.38. The van der Waals surface area contributed by atoms with E-state index in [9.17, 15) is 18.4 Å². The summed E-state index contributed by atoms with van der Waals surface area (Å²) in [6.07, 6.45) is -0.0731. The van der Waals surface area contributed by atoms with Crippen molar-refractivity contribution >= 4 is 23.4 Å². The molecule has 0 spiro atoms. The van der Waals surface area contributed by atoms with Gasteiger partial charge in [-0.05, 0) is 30.7 Å². The van der Waals surface area contributed by atoms with Crippen LogP contribution in [-0.2, 0) is 16.0 Å². The zero-order valence-electron chi connectivity index (χ0n) is 10.7. The lowest BCUT2D eigenvalue weighted by Gasteiger charge is -2.09. The van der Waals surface area contributed by atoms with E-state index in [1.165, 1.54) is 12.1 Å². The fraction of sp³-hybridized carbons (Fsp3) is 0.385. The van der Waals surface area contributed by atoms with Gasteiger partial charge in [0.15, 0.2) is 5.78 Å². The number of halogens is 3. The van der Waals surface area contributed by atoms with Gasteiger partial charge in [-0.1, -0.05) is 0 Å². The van der Waals surface area contributed by atoms with Crippen molar-refractivity contribution in [1.82, 2.24) is 0 Å². The van der Waals surface area contributed by atoms with E-state index in [4.69, 9.17) is 16.3 Å². The summed E-state index contributed by atoms with van der Waals surface area (Å²) in [4.78, 5) is 22.9. The normalized spacial score (nSPS) is 10.4. The minimum atomic E-state index is -3.02. The van der Waals surface area contributed by atoms with Crippen molar-refractivity contribution in [2.45, 2.75) is 20.0 Å². The van der Waals surface area contributed by atoms with E-state index in [2.05, 4.69) is 4.74 Å². The van der Waals surface area contributed by atoms with Crippen molar-refractivity contribution in [3.05, 3.63) is 29.3 Å². The average Bonchev–Trinajstić information content (AvgIpc) is 2.37. The number of hydrogen-bond donors (Lipinski definition) is 0. The summed E-state index contributed by atoms with van der Waals surface area (Å²) in [5, 5.41) is 0. The highest BCUT2D eigenvalue weighted by Crippen LogP contribution is 2.21. The van der Waals surface area contributed by atoms with Gasteiger partial charge in [-0.2, -0.15) is 8.78 Å². The number of ketones is 1. The number of rotatable bonds is 7. The number of benzene rings is 1. The van der Waals surface area contributed by atoms with Crippen molar-refractivity contribution in [2.24, 2.45) is 0 Å². The molecule has 0 unspecified atom stereocenters. The molecule has 7 heteroatoms. The number of esters is 1. The van der Waals surface area contributed by atoms with Crippen molar-refractivity contribution < 1.29 is 27.8 Å². The highest BCUT2D eigenvalue weighted by Gasteiger charge is 2.14. The predicted molar refractivity (Wildman–Crippen MR) is 68.5 cm³/mol. The van der Waals surface area contributed by atoms with Gasteiger partial charge in [-0.15, -0.1) is 11.6 Å². The highest BCUT2D eigenvalue weighted by atomic mass is 35.5. The number of Topliss-reactive ketones (excluding diaryl/α,β-unsaturated/α-hetero) is 1. The lowest BCUT2D eigenvalue weighted by atomic mass is 10.1. The van der Waals surface area contributed by atoms with Gasteiger partial charge < -0.3 is 9.47 Å². The van der Waals surface area contributed by atoms with Crippen molar-refractivity contribution in [2.75, 3.05) is 12.5 Å². The molecule has 1 aromatic rings. The lowest BCUT2D eigenvalue weighted by Crippen LogP contribution is -2.10. The number of alkyl halides is 3. The molecular formula is C13H13ClF2O4. The summed E-state index contributed by atoms with van der Waals surface area (Å²) in [6.45, 7) is -1.26. The molecule has 0 aromatic heterocycles. The predicted octanol–water partition coefficient (Wildman–Crippen LogP) is 2.82. The largest absolute Gasteiger partial charge is 0.462 e. The van der Waals surface area contributed by atoms with E-state index in [-0.39, 0.29) is 36.0 Å². The summed E-state index contributed by atoms with van der Waals surface area (Å²) in [5.74, 6) is -1.38. The first-order valence-corrected chi connectivity index (χ1v) is 6.33. The van der Waals surface area contributed by atoms with Gasteiger partial charge in [-0.3, -0.25) is 4.79 Å². The molecule has 0 bridgehead atoms. The molecule has 1 aromatic carbocycles. The molecule has 0 fully saturated rings. The number of hydrogen-bond acceptors (Lipinski definition) is 4. The molecule has 1 rings (SSSR count). The van der Waals surface area contributed by atoms with Gasteiger partial charge >= 0.3 is 12.6 Å². The van der Waals surface area contributed by atoms with Gasteiger partial charge in [0, 0.05) is 6.42 Å². The Morgan fingerprint density at radius 3 is 2.55 bits per heavy atom. The maximum Gasteiger partial charge on any atom is 0.387 e. The first-order chi connectivity index (χ1) is 9.46. The van der Waals surface area contributed by atoms with E-state index < -0.39 is 12.6 Å². The summed E-state index contributed by atoms with van der Waals surface area (Å²) < 4.78 is 33.5. The second-order valence-corrected chi connectivity index (χ2v) is 4.08. The maximum absolute atomic E-state index is 12.2. The SMILES string of the molecule is CCOC(=O)c1cc(CC(=O)CCl)cc(OC(F)F)c1. The van der Waals surface area contributed by atoms with Crippen LogP contribution in [0, 0.1) is 0 Å². The molecule has 0 N–H and O–H groups in total. The summed E-state index contributed by atoms with van der Waals surface area (Å²) >= 11 is 5.39. The summed E-state index contributed by atoms with van der Waals surface area (Å²) in [5.41, 5.74) is 0.402. The Morgan fingerprint density at radius 2 is 2.00 bits per heavy atom. The molecule has 0 saturated heterocycles. The van der Waals surface area contributed by atoms with E-state index in [0.717, 1.165) is 6.07 Å². The van der Waals surface area contributed by atoms with Crippen LogP contribution >= 0.6 is 11.6 Å². The second-order valence-electron chi connectivity index (χ2n) is 3.81. The molecule has 0 radical (unpaired) electrons. The number of carbonyl (C=O) groups is 2. The van der Waals surface area contributed by atoms with Crippen molar-refractivity contribution in [1.29, 1.82) is 0 Å². The third-order valence-electron chi connectivity index (χ3n) is 2.25. The first-order valence-electron chi connectivity index (χ1n) is 5.79. The Labute approximate surface area is 119 Å². The quantitative estimate of drug-likeness (QED) is 0.574. The smallest absolute Gasteiger partial charge is 0.387 e. The third kappa shape index (κ3) is 5.13. The Morgan fingerprint density at radius 1 is 1.30 bits per heavy atom. The number of ether oxygens (including phenoxy) is 2. The standard InChI is InChI=1S/C13H13ClF2O4/c1-2-19-12(18)9-3-8(4-10(17)7-14)5-11(6-9)20-13(15)16/h3,5-6,13H,2,4,7H2,1H3. The van der Waals surface area contributed by atoms with Gasteiger partial charge in [0.1, 0.15) is 5.75 Å². The zero-order valence-corrected chi connectivity index (χ0v) is 11.5. The van der Waals surface area contributed by atoms with Crippen LogP contribution in [0.3, 0.4) is 0 Å². The molecule has 20 heavy (non-hydrogen) atoms. The van der Waals surface area contributed by atoms with E-state index in [1.807, 2.05) is 0 Å². The molecule has 0 atom stereocenters. The van der Waals surface area contributed by atoms with Gasteiger partial charge in [0.05, 0.1) is 18.1 Å². The van der Waals surface area contributed by atoms with Crippen LogP contribution < -0.4 is 4.74 Å². The molecule has 0 amide bonds. The van der Waals surface area contributed by atoms with Crippen LogP contribution in [0.1, 0.15) is 22.8 Å². The van der Waals surface area contributed by atoms with Crippen LogP contribution in [0.2, 0.25) is 0 Å². The van der Waals surface area contributed by atoms with Gasteiger partial charge in [0.2, 0.25) is 0 Å². The minimum absolute atomic E-state index is 0.0439. The van der Waals surface area contributed by atoms with Crippen LogP contribution in [0.15, 0.2) is 18.2 Å². The third-order valence-corrected chi connectivity index (χ3v) is 2.55. The molecule has 4 nitrogen and oxygen atoms in total. The van der Waals surface area contributed by atoms with Crippen LogP contribution in [-0.4, -0.2) is 30.9 Å². The minimum Gasteiger partial charge on any atom is -0.462 e. The monoisotopic (exact) mass is 306 g/mol. The number of carbonyl (C=O) groups excluding carboxylic acids is 2. The average molecular weight is 307 g/mol. The van der Waals surface area contributed by atoms with E-state index in [1.54, 1.807) is 6.92 Å². The highest BCUT2D eigenvalue weighted by molar-refractivity contribution is 6.27. The maximum atomic E-state index is 12.2. The summed E-state index contributed by atoms with van der Waals surface area (Å²) in [7, 11) is 0. The Bertz CT molecular complexity index is 491. The van der Waals surface area contributed by atoms with Crippen LogP contribution in [0.4, 0.5) is 8.78 Å². The van der Waals surface area contributed by atoms with Crippen LogP contribution in [0.5, 0.6) is 5.75 Å². The fourth-order valence-corrected chi connectivity index (χ4v) is 1.64. The fourth-order valence-electron chi connectivity index (χ4n) is 1.54. The van der Waals surface area contributed by atoms with Gasteiger partial charge in [-0.25, -0.2) is 4.79 Å². The Hall–Kier alpha value is -1.69. The zero-order chi connectivity index (χ0) is 15.1. The first kappa shape index (κ1) is 16.4. The molecule has 0 aliphatic rings. The topological polar surface area (TPSA) is 52.6 Å². The van der Waals surface area contributed by atoms with Crippen LogP contribution in [0.25, 0.3) is 0 Å². The van der Waals surface area contributed by atoms with Gasteiger partial charge in [0.25, 0.3) is 0 Å². The van der Waals surface area contributed by atoms with Crippen molar-refractivity contribution in [3.63, 3.8) is 0 Å². The molecule has 0 aliphatic heterocycles. The Balaban J connectivity index is 3.06. The molecular weight excluding hydrogens is 294 g/mol. The summed E-state index contributed by atoms with van der Waals surface area (Å²) in [6, 6.07) is 3.79. The second kappa shape index (κ2) is 7.79. The molecule has 0 heterocycles. The van der Waals surface area contributed by atoms with Crippen molar-refractivity contribution in [3.8, 4) is 5.75 Å². The molecule has 0 saturated carbocycles.